The third-order valence-corrected chi connectivity index (χ3v) is 5.10. The molecule has 1 aliphatic heterocycles. The number of hydrogen-bond donors (Lipinski definition) is 1. The van der Waals surface area contributed by atoms with Gasteiger partial charge in [-0.2, -0.15) is 0 Å². The molecule has 26 heavy (non-hydrogen) atoms. The number of para-hydroxylation sites is 1. The van der Waals surface area contributed by atoms with Crippen molar-refractivity contribution < 1.29 is 9.21 Å². The molecule has 134 valence electrons. The van der Waals surface area contributed by atoms with E-state index in [4.69, 9.17) is 4.42 Å². The van der Waals surface area contributed by atoms with Crippen molar-refractivity contribution in [2.24, 2.45) is 0 Å². The highest BCUT2D eigenvalue weighted by molar-refractivity contribution is 7.99. The number of benzene rings is 1. The fourth-order valence-electron chi connectivity index (χ4n) is 2.87. The number of aromatic nitrogens is 3. The zero-order valence-electron chi connectivity index (χ0n) is 14.2. The Bertz CT molecular complexity index is 857. The van der Waals surface area contributed by atoms with Gasteiger partial charge < -0.3 is 14.6 Å². The van der Waals surface area contributed by atoms with Crippen molar-refractivity contribution >= 4 is 17.7 Å². The van der Waals surface area contributed by atoms with Crippen LogP contribution in [0, 0.1) is 0 Å². The summed E-state index contributed by atoms with van der Waals surface area (Å²) in [5, 5.41) is 12.5. The Morgan fingerprint density at radius 3 is 2.65 bits per heavy atom. The van der Waals surface area contributed by atoms with Crippen LogP contribution in [-0.2, 0) is 4.79 Å². The van der Waals surface area contributed by atoms with Gasteiger partial charge in [-0.3, -0.25) is 9.36 Å². The van der Waals surface area contributed by atoms with Crippen LogP contribution < -0.4 is 5.32 Å². The first kappa shape index (κ1) is 16.9. The van der Waals surface area contributed by atoms with Crippen molar-refractivity contribution in [1.29, 1.82) is 0 Å². The molecular weight excluding hydrogens is 350 g/mol. The zero-order chi connectivity index (χ0) is 17.8. The van der Waals surface area contributed by atoms with Crippen LogP contribution >= 0.6 is 11.8 Å². The van der Waals surface area contributed by atoms with E-state index in [1.807, 2.05) is 51.9 Å². The van der Waals surface area contributed by atoms with Crippen molar-refractivity contribution in [2.75, 3.05) is 31.9 Å². The van der Waals surface area contributed by atoms with Crippen LogP contribution in [0.2, 0.25) is 0 Å². The average molecular weight is 369 g/mol. The zero-order valence-corrected chi connectivity index (χ0v) is 15.0. The maximum atomic E-state index is 12.5. The van der Waals surface area contributed by atoms with E-state index < -0.39 is 0 Å². The molecule has 3 aromatic rings. The molecule has 0 atom stereocenters. The van der Waals surface area contributed by atoms with Gasteiger partial charge in [0, 0.05) is 31.9 Å². The smallest absolute Gasteiger partial charge is 0.233 e. The van der Waals surface area contributed by atoms with Gasteiger partial charge >= 0.3 is 0 Å². The van der Waals surface area contributed by atoms with Gasteiger partial charge in [-0.15, -0.1) is 10.2 Å². The first-order valence-corrected chi connectivity index (χ1v) is 9.47. The lowest BCUT2D eigenvalue weighted by molar-refractivity contribution is -0.128. The second-order valence-corrected chi connectivity index (χ2v) is 6.82. The molecule has 1 fully saturated rings. The largest absolute Gasteiger partial charge is 0.461 e. The average Bonchev–Trinajstić information content (AvgIpc) is 3.37. The summed E-state index contributed by atoms with van der Waals surface area (Å²) in [4.78, 5) is 14.3. The highest BCUT2D eigenvalue weighted by atomic mass is 32.2. The molecule has 0 spiro atoms. The number of piperazine rings is 1. The van der Waals surface area contributed by atoms with Crippen LogP contribution in [0.1, 0.15) is 0 Å². The van der Waals surface area contributed by atoms with Crippen LogP contribution in [0.4, 0.5) is 0 Å². The molecule has 0 saturated carbocycles. The molecule has 0 bridgehead atoms. The quantitative estimate of drug-likeness (QED) is 0.694. The van der Waals surface area contributed by atoms with Gasteiger partial charge in [0.05, 0.1) is 12.0 Å². The second kappa shape index (κ2) is 7.76. The summed E-state index contributed by atoms with van der Waals surface area (Å²) in [6.07, 6.45) is 1.61. The monoisotopic (exact) mass is 369 g/mol. The van der Waals surface area contributed by atoms with E-state index in [0.717, 1.165) is 31.9 Å². The Morgan fingerprint density at radius 1 is 1.12 bits per heavy atom. The van der Waals surface area contributed by atoms with Crippen molar-refractivity contribution in [3.05, 3.63) is 48.7 Å². The first-order chi connectivity index (χ1) is 12.8. The molecule has 1 saturated heterocycles. The number of thioether (sulfide) groups is 1. The van der Waals surface area contributed by atoms with E-state index in [-0.39, 0.29) is 5.91 Å². The number of carbonyl (C=O) groups is 1. The molecule has 1 aliphatic rings. The molecule has 1 aromatic carbocycles. The van der Waals surface area contributed by atoms with Gasteiger partial charge in [-0.05, 0) is 24.3 Å². The Balaban J connectivity index is 1.59. The van der Waals surface area contributed by atoms with E-state index in [1.54, 1.807) is 6.26 Å². The number of nitrogens with one attached hydrogen (secondary N) is 1. The molecular formula is C18H19N5O2S. The van der Waals surface area contributed by atoms with Gasteiger partial charge in [0.25, 0.3) is 0 Å². The normalized spacial score (nSPS) is 14.5. The standard InChI is InChI=1S/C18H19N5O2S/c24-16(22-10-8-19-9-11-22)13-26-18-21-20-17(15-7-4-12-25-15)23(18)14-5-2-1-3-6-14/h1-7,12,19H,8-11,13H2. The summed E-state index contributed by atoms with van der Waals surface area (Å²) in [6, 6.07) is 13.5. The molecule has 0 aliphatic carbocycles. The second-order valence-electron chi connectivity index (χ2n) is 5.87. The van der Waals surface area contributed by atoms with E-state index in [1.165, 1.54) is 11.8 Å². The Morgan fingerprint density at radius 2 is 1.92 bits per heavy atom. The van der Waals surface area contributed by atoms with Gasteiger partial charge in [0.15, 0.2) is 10.9 Å². The van der Waals surface area contributed by atoms with Crippen molar-refractivity contribution in [1.82, 2.24) is 25.0 Å². The minimum atomic E-state index is 0.124. The maximum Gasteiger partial charge on any atom is 0.233 e. The Kier molecular flexibility index (Phi) is 5.03. The Labute approximate surface area is 155 Å². The van der Waals surface area contributed by atoms with Crippen molar-refractivity contribution in [2.45, 2.75) is 5.16 Å². The lowest BCUT2D eigenvalue weighted by atomic mass is 10.3. The summed E-state index contributed by atoms with van der Waals surface area (Å²) >= 11 is 1.40. The van der Waals surface area contributed by atoms with Gasteiger partial charge in [-0.25, -0.2) is 0 Å². The number of nitrogens with zero attached hydrogens (tertiary/aromatic N) is 4. The maximum absolute atomic E-state index is 12.5. The van der Waals surface area contributed by atoms with Crippen LogP contribution in [0.15, 0.2) is 58.3 Å². The number of hydrogen-bond acceptors (Lipinski definition) is 6. The first-order valence-electron chi connectivity index (χ1n) is 8.49. The number of amides is 1. The fourth-order valence-corrected chi connectivity index (χ4v) is 3.73. The highest BCUT2D eigenvalue weighted by Crippen LogP contribution is 2.28. The SMILES string of the molecule is O=C(CSc1nnc(-c2ccco2)n1-c1ccccc1)N1CCNCC1. The van der Waals surface area contributed by atoms with E-state index in [9.17, 15) is 4.79 Å². The molecule has 2 aromatic heterocycles. The third kappa shape index (κ3) is 3.51. The molecule has 7 nitrogen and oxygen atoms in total. The Hall–Kier alpha value is -2.58. The summed E-state index contributed by atoms with van der Waals surface area (Å²) in [5.41, 5.74) is 0.932. The number of rotatable bonds is 5. The van der Waals surface area contributed by atoms with Gasteiger partial charge in [0.2, 0.25) is 11.7 Å². The van der Waals surface area contributed by atoms with Crippen molar-refractivity contribution in [3.8, 4) is 17.3 Å². The van der Waals surface area contributed by atoms with E-state index in [0.29, 0.717) is 22.5 Å². The van der Waals surface area contributed by atoms with E-state index in [2.05, 4.69) is 15.5 Å². The lowest BCUT2D eigenvalue weighted by Gasteiger charge is -2.27. The van der Waals surface area contributed by atoms with Crippen LogP contribution in [-0.4, -0.2) is 57.5 Å². The summed E-state index contributed by atoms with van der Waals surface area (Å²) in [6.45, 7) is 3.20. The summed E-state index contributed by atoms with van der Waals surface area (Å²) in [5.74, 6) is 1.72. The molecule has 8 heteroatoms. The van der Waals surface area contributed by atoms with Gasteiger partial charge in [0.1, 0.15) is 0 Å². The topological polar surface area (TPSA) is 76.2 Å². The lowest BCUT2D eigenvalue weighted by Crippen LogP contribution is -2.47. The minimum Gasteiger partial charge on any atom is -0.461 e. The van der Waals surface area contributed by atoms with Crippen molar-refractivity contribution in [3.63, 3.8) is 0 Å². The third-order valence-electron chi connectivity index (χ3n) is 4.18. The van der Waals surface area contributed by atoms with Crippen LogP contribution in [0.5, 0.6) is 0 Å². The number of carbonyl (C=O) groups excluding carboxylic acids is 1. The summed E-state index contributed by atoms with van der Waals surface area (Å²) < 4.78 is 7.43. The molecule has 0 unspecified atom stereocenters. The predicted molar refractivity (Wildman–Crippen MR) is 99.2 cm³/mol. The predicted octanol–water partition coefficient (Wildman–Crippen LogP) is 2.05. The minimum absolute atomic E-state index is 0.124. The molecule has 0 radical (unpaired) electrons. The van der Waals surface area contributed by atoms with Crippen LogP contribution in [0.3, 0.4) is 0 Å². The number of furan rings is 1. The van der Waals surface area contributed by atoms with Crippen LogP contribution in [0.25, 0.3) is 17.3 Å². The van der Waals surface area contributed by atoms with Gasteiger partial charge in [-0.1, -0.05) is 30.0 Å². The molecule has 1 N–H and O–H groups in total. The fraction of sp³-hybridized carbons (Fsp3) is 0.278. The highest BCUT2D eigenvalue weighted by Gasteiger charge is 2.21. The molecule has 4 rings (SSSR count). The van der Waals surface area contributed by atoms with E-state index >= 15 is 0 Å². The summed E-state index contributed by atoms with van der Waals surface area (Å²) in [7, 11) is 0. The molecule has 3 heterocycles. The molecule has 1 amide bonds.